The molecule has 0 radical (unpaired) electrons. The zero-order valence-corrected chi connectivity index (χ0v) is 16.8. The van der Waals surface area contributed by atoms with E-state index >= 15 is 0 Å². The Hall–Kier alpha value is -2.31. The van der Waals surface area contributed by atoms with Crippen molar-refractivity contribution in [1.82, 2.24) is 9.80 Å². The maximum absolute atomic E-state index is 5.67. The molecule has 0 aromatic heterocycles. The first-order valence-corrected chi connectivity index (χ1v) is 9.73. The van der Waals surface area contributed by atoms with Gasteiger partial charge in [0.25, 0.3) is 0 Å². The summed E-state index contributed by atoms with van der Waals surface area (Å²) in [6, 6.07) is 16.2. The molecule has 144 valence electrons. The van der Waals surface area contributed by atoms with Crippen molar-refractivity contribution in [3.8, 4) is 11.5 Å². The highest BCUT2D eigenvalue weighted by Crippen LogP contribution is 2.24. The van der Waals surface area contributed by atoms with Gasteiger partial charge in [-0.1, -0.05) is 24.3 Å². The van der Waals surface area contributed by atoms with Gasteiger partial charge in [0.2, 0.25) is 0 Å². The first kappa shape index (κ1) is 19.5. The average Bonchev–Trinajstić information content (AvgIpc) is 2.70. The molecule has 2 aromatic rings. The van der Waals surface area contributed by atoms with Crippen molar-refractivity contribution in [2.75, 3.05) is 45.2 Å². The SMILES string of the molecule is CCOc1ccccc1NC(=S)N1CCN(Cc2cccc(OC)c2)CC1. The minimum Gasteiger partial charge on any atom is -0.497 e. The molecule has 1 fully saturated rings. The summed E-state index contributed by atoms with van der Waals surface area (Å²) in [6.07, 6.45) is 0. The van der Waals surface area contributed by atoms with Crippen molar-refractivity contribution in [1.29, 1.82) is 0 Å². The number of ether oxygens (including phenoxy) is 2. The van der Waals surface area contributed by atoms with Gasteiger partial charge in [0.05, 0.1) is 19.4 Å². The minimum absolute atomic E-state index is 0.633. The molecular formula is C21H27N3O2S. The lowest BCUT2D eigenvalue weighted by Gasteiger charge is -2.36. The smallest absolute Gasteiger partial charge is 0.173 e. The summed E-state index contributed by atoms with van der Waals surface area (Å²) in [5.74, 6) is 1.74. The van der Waals surface area contributed by atoms with Crippen molar-refractivity contribution in [3.63, 3.8) is 0 Å². The van der Waals surface area contributed by atoms with Crippen LogP contribution in [0.3, 0.4) is 0 Å². The number of methoxy groups -OCH3 is 1. The topological polar surface area (TPSA) is 37.0 Å². The number of piperazine rings is 1. The summed E-state index contributed by atoms with van der Waals surface area (Å²) in [6.45, 7) is 7.32. The van der Waals surface area contributed by atoms with Crippen LogP contribution in [0, 0.1) is 0 Å². The molecule has 1 saturated heterocycles. The maximum Gasteiger partial charge on any atom is 0.173 e. The first-order chi connectivity index (χ1) is 13.2. The molecule has 1 N–H and O–H groups in total. The number of para-hydroxylation sites is 2. The second kappa shape index (κ2) is 9.58. The van der Waals surface area contributed by atoms with Gasteiger partial charge in [-0.05, 0) is 49.0 Å². The van der Waals surface area contributed by atoms with Gasteiger partial charge < -0.3 is 19.7 Å². The molecule has 0 bridgehead atoms. The second-order valence-electron chi connectivity index (χ2n) is 6.47. The Labute approximate surface area is 166 Å². The van der Waals surface area contributed by atoms with E-state index in [0.717, 1.165) is 55.0 Å². The van der Waals surface area contributed by atoms with Gasteiger partial charge in [-0.15, -0.1) is 0 Å². The van der Waals surface area contributed by atoms with E-state index in [9.17, 15) is 0 Å². The Kier molecular flexibility index (Phi) is 6.90. The fourth-order valence-corrected chi connectivity index (χ4v) is 3.48. The third-order valence-corrected chi connectivity index (χ3v) is 4.99. The first-order valence-electron chi connectivity index (χ1n) is 9.32. The van der Waals surface area contributed by atoms with Crippen LogP contribution in [0.25, 0.3) is 0 Å². The van der Waals surface area contributed by atoms with E-state index in [1.807, 2.05) is 43.3 Å². The molecule has 6 heteroatoms. The van der Waals surface area contributed by atoms with Crippen LogP contribution in [0.5, 0.6) is 11.5 Å². The van der Waals surface area contributed by atoms with E-state index in [1.165, 1.54) is 5.56 Å². The van der Waals surface area contributed by atoms with Gasteiger partial charge in [0.1, 0.15) is 11.5 Å². The molecule has 0 amide bonds. The van der Waals surface area contributed by atoms with Crippen molar-refractivity contribution in [2.45, 2.75) is 13.5 Å². The summed E-state index contributed by atoms with van der Waals surface area (Å²) < 4.78 is 11.0. The normalized spacial score (nSPS) is 14.7. The van der Waals surface area contributed by atoms with Crippen molar-refractivity contribution in [3.05, 3.63) is 54.1 Å². The standard InChI is InChI=1S/C21H27N3O2S/c1-3-26-20-10-5-4-9-19(20)22-21(27)24-13-11-23(12-14-24)16-17-7-6-8-18(15-17)25-2/h4-10,15H,3,11-14,16H2,1-2H3,(H,22,27). The molecule has 1 heterocycles. The highest BCUT2D eigenvalue weighted by molar-refractivity contribution is 7.80. The summed E-state index contributed by atoms with van der Waals surface area (Å²) in [5, 5.41) is 4.09. The fourth-order valence-electron chi connectivity index (χ4n) is 3.18. The number of nitrogens with zero attached hydrogens (tertiary/aromatic N) is 2. The Bertz CT molecular complexity index is 761. The van der Waals surface area contributed by atoms with Gasteiger partial charge in [-0.3, -0.25) is 4.90 Å². The number of hydrogen-bond acceptors (Lipinski definition) is 4. The van der Waals surface area contributed by atoms with Crippen LogP contribution in [-0.4, -0.2) is 54.8 Å². The molecule has 3 rings (SSSR count). The van der Waals surface area contributed by atoms with E-state index in [0.29, 0.717) is 6.61 Å². The van der Waals surface area contributed by atoms with Crippen molar-refractivity contribution in [2.24, 2.45) is 0 Å². The van der Waals surface area contributed by atoms with Crippen LogP contribution in [0.15, 0.2) is 48.5 Å². The lowest BCUT2D eigenvalue weighted by atomic mass is 10.2. The lowest BCUT2D eigenvalue weighted by Crippen LogP contribution is -2.49. The van der Waals surface area contributed by atoms with Crippen molar-refractivity contribution >= 4 is 23.0 Å². The molecule has 0 saturated carbocycles. The minimum atomic E-state index is 0.633. The van der Waals surface area contributed by atoms with E-state index in [1.54, 1.807) is 7.11 Å². The predicted octanol–water partition coefficient (Wildman–Crippen LogP) is 3.61. The molecule has 0 aliphatic carbocycles. The number of thiocarbonyl (C=S) groups is 1. The number of rotatable bonds is 6. The largest absolute Gasteiger partial charge is 0.497 e. The Morgan fingerprint density at radius 3 is 2.59 bits per heavy atom. The third kappa shape index (κ3) is 5.34. The van der Waals surface area contributed by atoms with Gasteiger partial charge >= 0.3 is 0 Å². The predicted molar refractivity (Wildman–Crippen MR) is 114 cm³/mol. The van der Waals surface area contributed by atoms with Crippen LogP contribution in [0.4, 0.5) is 5.69 Å². The molecule has 0 spiro atoms. The second-order valence-corrected chi connectivity index (χ2v) is 6.86. The van der Waals surface area contributed by atoms with E-state index < -0.39 is 0 Å². The molecular weight excluding hydrogens is 358 g/mol. The molecule has 27 heavy (non-hydrogen) atoms. The summed E-state index contributed by atoms with van der Waals surface area (Å²) >= 11 is 5.63. The van der Waals surface area contributed by atoms with E-state index in [-0.39, 0.29) is 0 Å². The fraction of sp³-hybridized carbons (Fsp3) is 0.381. The average molecular weight is 386 g/mol. The van der Waals surface area contributed by atoms with E-state index in [2.05, 4.69) is 27.2 Å². The highest BCUT2D eigenvalue weighted by atomic mass is 32.1. The third-order valence-electron chi connectivity index (χ3n) is 4.63. The summed E-state index contributed by atoms with van der Waals surface area (Å²) in [4.78, 5) is 4.67. The maximum atomic E-state index is 5.67. The summed E-state index contributed by atoms with van der Waals surface area (Å²) in [7, 11) is 1.70. The molecule has 5 nitrogen and oxygen atoms in total. The Morgan fingerprint density at radius 1 is 1.07 bits per heavy atom. The molecule has 1 aliphatic heterocycles. The zero-order chi connectivity index (χ0) is 19.1. The number of hydrogen-bond donors (Lipinski definition) is 1. The lowest BCUT2D eigenvalue weighted by molar-refractivity contribution is 0.177. The van der Waals surface area contributed by atoms with Crippen LogP contribution in [0.1, 0.15) is 12.5 Å². The van der Waals surface area contributed by atoms with Gasteiger partial charge in [-0.2, -0.15) is 0 Å². The van der Waals surface area contributed by atoms with Crippen LogP contribution in [-0.2, 0) is 6.54 Å². The molecule has 0 unspecified atom stereocenters. The number of benzene rings is 2. The highest BCUT2D eigenvalue weighted by Gasteiger charge is 2.19. The van der Waals surface area contributed by atoms with Crippen LogP contribution in [0.2, 0.25) is 0 Å². The zero-order valence-electron chi connectivity index (χ0n) is 16.0. The summed E-state index contributed by atoms with van der Waals surface area (Å²) in [5.41, 5.74) is 2.19. The van der Waals surface area contributed by atoms with Gasteiger partial charge in [0, 0.05) is 32.7 Å². The quantitative estimate of drug-likeness (QED) is 0.766. The number of nitrogens with one attached hydrogen (secondary N) is 1. The number of anilines is 1. The van der Waals surface area contributed by atoms with Crippen molar-refractivity contribution < 1.29 is 9.47 Å². The monoisotopic (exact) mass is 385 g/mol. The molecule has 0 atom stereocenters. The van der Waals surface area contributed by atoms with Gasteiger partial charge in [0.15, 0.2) is 5.11 Å². The van der Waals surface area contributed by atoms with Crippen LogP contribution >= 0.6 is 12.2 Å². The molecule has 1 aliphatic rings. The Morgan fingerprint density at radius 2 is 1.85 bits per heavy atom. The molecule has 2 aromatic carbocycles. The van der Waals surface area contributed by atoms with E-state index in [4.69, 9.17) is 21.7 Å². The van der Waals surface area contributed by atoms with Crippen LogP contribution < -0.4 is 14.8 Å². The Balaban J connectivity index is 1.52. The van der Waals surface area contributed by atoms with Gasteiger partial charge in [-0.25, -0.2) is 0 Å².